The number of piperidine rings is 1. The van der Waals surface area contributed by atoms with Gasteiger partial charge in [0.1, 0.15) is 17.6 Å². The van der Waals surface area contributed by atoms with Crippen molar-refractivity contribution in [2.75, 3.05) is 6.54 Å². The van der Waals surface area contributed by atoms with Crippen LogP contribution in [0, 0.1) is 19.3 Å². The minimum atomic E-state index is -0.478. The van der Waals surface area contributed by atoms with Gasteiger partial charge in [-0.15, -0.1) is 0 Å². The van der Waals surface area contributed by atoms with E-state index in [1.807, 2.05) is 24.8 Å². The van der Waals surface area contributed by atoms with Gasteiger partial charge >= 0.3 is 0 Å². The highest BCUT2D eigenvalue weighted by Crippen LogP contribution is 2.59. The quantitative estimate of drug-likeness (QED) is 0.176. The molecule has 9 nitrogen and oxygen atoms in total. The Labute approximate surface area is 254 Å². The van der Waals surface area contributed by atoms with Crippen LogP contribution in [0.1, 0.15) is 112 Å². The van der Waals surface area contributed by atoms with Crippen LogP contribution in [0.3, 0.4) is 0 Å². The summed E-state index contributed by atoms with van der Waals surface area (Å²) in [6.07, 6.45) is 14.8. The number of Topliss-reactive ketones (excluding diaryl/α,β-unsaturated/α-hetero) is 1. The summed E-state index contributed by atoms with van der Waals surface area (Å²) in [6, 6.07) is 1.57. The van der Waals surface area contributed by atoms with Gasteiger partial charge in [-0.2, -0.15) is 5.10 Å². The highest BCUT2D eigenvalue weighted by molar-refractivity contribution is 6.09. The van der Waals surface area contributed by atoms with E-state index >= 15 is 0 Å². The molecule has 5 rings (SSSR count). The van der Waals surface area contributed by atoms with Crippen LogP contribution in [-0.4, -0.2) is 61.3 Å². The van der Waals surface area contributed by atoms with Crippen LogP contribution in [0.5, 0.6) is 0 Å². The molecular formula is C34H46N6O3. The van der Waals surface area contributed by atoms with E-state index in [1.165, 1.54) is 45.4 Å². The van der Waals surface area contributed by atoms with E-state index < -0.39 is 6.04 Å². The Bertz CT molecular complexity index is 1500. The number of likely N-dealkylation sites (tertiary alicyclic amines) is 1. The number of fused-ring (bicyclic) bond motifs is 2. The number of carbonyl (C=O) groups is 3. The summed E-state index contributed by atoms with van der Waals surface area (Å²) in [7, 11) is 0. The maximum absolute atomic E-state index is 14.2. The van der Waals surface area contributed by atoms with Crippen LogP contribution < -0.4 is 5.32 Å². The summed E-state index contributed by atoms with van der Waals surface area (Å²) < 4.78 is 0. The number of ketones is 1. The monoisotopic (exact) mass is 586 g/mol. The van der Waals surface area contributed by atoms with Crippen molar-refractivity contribution >= 4 is 28.5 Å². The zero-order valence-corrected chi connectivity index (χ0v) is 26.4. The van der Waals surface area contributed by atoms with Crippen LogP contribution in [-0.2, 0) is 16.0 Å². The molecule has 2 aliphatic rings. The van der Waals surface area contributed by atoms with Crippen LogP contribution in [0.15, 0.2) is 18.5 Å². The average Bonchev–Trinajstić information content (AvgIpc) is 3.29. The molecule has 1 saturated carbocycles. The molecule has 2 fully saturated rings. The van der Waals surface area contributed by atoms with Gasteiger partial charge in [0.25, 0.3) is 0 Å². The van der Waals surface area contributed by atoms with Crippen molar-refractivity contribution < 1.29 is 14.4 Å². The number of aromatic amines is 1. The van der Waals surface area contributed by atoms with Gasteiger partial charge < -0.3 is 10.2 Å². The Morgan fingerprint density at radius 2 is 1.70 bits per heavy atom. The first-order valence-corrected chi connectivity index (χ1v) is 16.0. The van der Waals surface area contributed by atoms with Crippen molar-refractivity contribution in [1.29, 1.82) is 0 Å². The lowest BCUT2D eigenvalue weighted by Gasteiger charge is -2.27. The fraction of sp³-hybridized carbons (Fsp3) is 0.588. The van der Waals surface area contributed by atoms with E-state index in [9.17, 15) is 14.4 Å². The first kappa shape index (κ1) is 30.8. The Kier molecular flexibility index (Phi) is 9.28. The summed E-state index contributed by atoms with van der Waals surface area (Å²) in [6.45, 7) is 10.3. The third-order valence-electron chi connectivity index (χ3n) is 9.46. The molecule has 0 bridgehead atoms. The second-order valence-electron chi connectivity index (χ2n) is 13.0. The predicted molar refractivity (Wildman–Crippen MR) is 168 cm³/mol. The summed E-state index contributed by atoms with van der Waals surface area (Å²) in [5.74, 6) is 0.340. The molecule has 3 heterocycles. The molecule has 230 valence electrons. The molecule has 0 radical (unpaired) electrons. The molecule has 1 saturated heterocycles. The summed E-state index contributed by atoms with van der Waals surface area (Å²) in [4.78, 5) is 50.9. The van der Waals surface area contributed by atoms with Gasteiger partial charge in [-0.05, 0) is 61.3 Å². The molecular weight excluding hydrogens is 540 g/mol. The van der Waals surface area contributed by atoms with Crippen LogP contribution in [0.4, 0.5) is 0 Å². The Morgan fingerprint density at radius 1 is 1.02 bits per heavy atom. The SMILES string of the molecule is CCCCCCCCCCNC(=O)[C@@H]1C[C@@]2(C)C[C@H]2N1C(=O)Cc1c(-c2cnc(C)nc2)cc(C)c2n[nH]c(C(C)=O)c12. The molecule has 0 spiro atoms. The summed E-state index contributed by atoms with van der Waals surface area (Å²) in [5, 5.41) is 11.1. The molecule has 1 aromatic carbocycles. The second kappa shape index (κ2) is 12.9. The number of aryl methyl sites for hydroxylation is 2. The molecule has 1 aliphatic carbocycles. The topological polar surface area (TPSA) is 121 Å². The van der Waals surface area contributed by atoms with Gasteiger partial charge in [0.05, 0.1) is 11.9 Å². The minimum Gasteiger partial charge on any atom is -0.354 e. The third kappa shape index (κ3) is 6.50. The maximum atomic E-state index is 14.2. The third-order valence-corrected chi connectivity index (χ3v) is 9.46. The van der Waals surface area contributed by atoms with Crippen molar-refractivity contribution in [3.05, 3.63) is 41.1 Å². The van der Waals surface area contributed by atoms with E-state index in [-0.39, 0.29) is 35.5 Å². The lowest BCUT2D eigenvalue weighted by molar-refractivity contribution is -0.139. The number of benzene rings is 1. The summed E-state index contributed by atoms with van der Waals surface area (Å²) in [5.41, 5.74) is 4.20. The lowest BCUT2D eigenvalue weighted by Crippen LogP contribution is -2.48. The molecule has 1 aliphatic heterocycles. The zero-order chi connectivity index (χ0) is 30.7. The zero-order valence-electron chi connectivity index (χ0n) is 26.4. The maximum Gasteiger partial charge on any atom is 0.242 e. The van der Waals surface area contributed by atoms with Gasteiger partial charge in [-0.25, -0.2) is 9.97 Å². The highest BCUT2D eigenvalue weighted by Gasteiger charge is 2.64. The highest BCUT2D eigenvalue weighted by atomic mass is 16.2. The molecule has 43 heavy (non-hydrogen) atoms. The molecule has 3 aromatic rings. The lowest BCUT2D eigenvalue weighted by atomic mass is 9.91. The Balaban J connectivity index is 1.35. The average molecular weight is 587 g/mol. The van der Waals surface area contributed by atoms with Crippen LogP contribution in [0.25, 0.3) is 22.0 Å². The number of hydrogen-bond acceptors (Lipinski definition) is 6. The fourth-order valence-corrected chi connectivity index (χ4v) is 6.85. The molecule has 2 aromatic heterocycles. The predicted octanol–water partition coefficient (Wildman–Crippen LogP) is 6.02. The number of unbranched alkanes of at least 4 members (excludes halogenated alkanes) is 7. The second-order valence-corrected chi connectivity index (χ2v) is 13.0. The molecule has 2 N–H and O–H groups in total. The largest absolute Gasteiger partial charge is 0.354 e. The summed E-state index contributed by atoms with van der Waals surface area (Å²) >= 11 is 0. The van der Waals surface area contributed by atoms with Gasteiger partial charge in [-0.1, -0.05) is 58.8 Å². The standard InChI is InChI=1S/C34H46N6O3/c1-6-7-8-9-10-11-12-13-14-35-33(43)27-17-34(5)18-28(34)40(27)29(42)16-26-25(24-19-36-23(4)37-20-24)15-21(2)31-30(26)32(22(3)41)39-38-31/h15,19-20,27-28H,6-14,16-18H2,1-5H3,(H,35,43)(H,38,39)/t27-,28+,34-/m0/s1. The van der Waals surface area contributed by atoms with Crippen molar-refractivity contribution in [3.63, 3.8) is 0 Å². The van der Waals surface area contributed by atoms with E-state index in [4.69, 9.17) is 0 Å². The van der Waals surface area contributed by atoms with Crippen LogP contribution >= 0.6 is 0 Å². The van der Waals surface area contributed by atoms with Crippen molar-refractivity contribution in [2.24, 2.45) is 5.41 Å². The van der Waals surface area contributed by atoms with Crippen molar-refractivity contribution in [3.8, 4) is 11.1 Å². The Hall–Kier alpha value is -3.62. The van der Waals surface area contributed by atoms with Crippen molar-refractivity contribution in [2.45, 2.75) is 117 Å². The van der Waals surface area contributed by atoms with E-state index in [2.05, 4.69) is 39.3 Å². The number of nitrogens with zero attached hydrogens (tertiary/aromatic N) is 4. The van der Waals surface area contributed by atoms with Gasteiger partial charge in [0, 0.05) is 42.9 Å². The van der Waals surface area contributed by atoms with E-state index in [1.54, 1.807) is 12.4 Å². The van der Waals surface area contributed by atoms with Gasteiger partial charge in [-0.3, -0.25) is 19.5 Å². The molecule has 3 atom stereocenters. The van der Waals surface area contributed by atoms with Crippen molar-refractivity contribution in [1.82, 2.24) is 30.4 Å². The number of H-pyrrole nitrogens is 1. The normalized spacial score (nSPS) is 20.8. The number of carbonyl (C=O) groups excluding carboxylic acids is 3. The number of nitrogens with one attached hydrogen (secondary N) is 2. The van der Waals surface area contributed by atoms with E-state index in [0.29, 0.717) is 41.0 Å². The van der Waals surface area contributed by atoms with E-state index in [0.717, 1.165) is 36.0 Å². The number of aromatic nitrogens is 4. The van der Waals surface area contributed by atoms with Gasteiger partial charge in [0.2, 0.25) is 11.8 Å². The number of rotatable bonds is 14. The molecule has 2 amide bonds. The Morgan fingerprint density at radius 3 is 2.37 bits per heavy atom. The number of hydrogen-bond donors (Lipinski definition) is 2. The fourth-order valence-electron chi connectivity index (χ4n) is 6.85. The molecule has 0 unspecified atom stereocenters. The number of amides is 2. The smallest absolute Gasteiger partial charge is 0.242 e. The van der Waals surface area contributed by atoms with Crippen LogP contribution in [0.2, 0.25) is 0 Å². The minimum absolute atomic E-state index is 0.0213. The first-order valence-electron chi connectivity index (χ1n) is 16.0. The molecule has 9 heteroatoms. The first-order chi connectivity index (χ1) is 20.6. The van der Waals surface area contributed by atoms with Gasteiger partial charge in [0.15, 0.2) is 5.78 Å².